The number of halogens is 1. The van der Waals surface area contributed by atoms with E-state index >= 15 is 0 Å². The van der Waals surface area contributed by atoms with Crippen LogP contribution in [0.5, 0.6) is 0 Å². The van der Waals surface area contributed by atoms with Gasteiger partial charge in [0, 0.05) is 12.4 Å². The number of hydrogen-bond donors (Lipinski definition) is 0. The number of aryl methyl sites for hydroxylation is 1. The molecule has 86 valence electrons. The molecule has 0 N–H and O–H groups in total. The van der Waals surface area contributed by atoms with Gasteiger partial charge in [0.25, 0.3) is 0 Å². The van der Waals surface area contributed by atoms with Gasteiger partial charge in [-0.3, -0.25) is 4.68 Å². The Labute approximate surface area is 98.5 Å². The van der Waals surface area contributed by atoms with Crippen LogP contribution in [0.2, 0.25) is 0 Å². The molecule has 0 aliphatic carbocycles. The zero-order chi connectivity index (χ0) is 12.1. The molecule has 5 heteroatoms. The minimum atomic E-state index is -0.428. The summed E-state index contributed by atoms with van der Waals surface area (Å²) in [7, 11) is 0. The molecule has 0 atom stereocenters. The van der Waals surface area contributed by atoms with Crippen LogP contribution in [0.1, 0.15) is 18.3 Å². The second-order valence-corrected chi connectivity index (χ2v) is 3.34. The maximum absolute atomic E-state index is 13.7. The average molecular weight is 230 g/mol. The number of nitrogens with zero attached hydrogens (tertiary/aromatic N) is 4. The van der Waals surface area contributed by atoms with Crippen LogP contribution in [0.15, 0.2) is 24.8 Å². The predicted octanol–water partition coefficient (Wildman–Crippen LogP) is 1.43. The Morgan fingerprint density at radius 3 is 3.00 bits per heavy atom. The van der Waals surface area contributed by atoms with E-state index in [1.54, 1.807) is 17.1 Å². The van der Waals surface area contributed by atoms with E-state index in [4.69, 9.17) is 0 Å². The summed E-state index contributed by atoms with van der Waals surface area (Å²) in [5.74, 6) is 5.08. The summed E-state index contributed by atoms with van der Waals surface area (Å²) in [6.45, 7) is 2.25. The molecule has 0 radical (unpaired) electrons. The van der Waals surface area contributed by atoms with Crippen molar-refractivity contribution in [3.05, 3.63) is 42.0 Å². The van der Waals surface area contributed by atoms with E-state index in [0.29, 0.717) is 18.7 Å². The second kappa shape index (κ2) is 5.21. The topological polar surface area (TPSA) is 43.6 Å². The molecule has 0 aliphatic heterocycles. The Morgan fingerprint density at radius 1 is 1.41 bits per heavy atom. The average Bonchev–Trinajstić information content (AvgIpc) is 2.84. The molecule has 0 aromatic carbocycles. The summed E-state index contributed by atoms with van der Waals surface area (Å²) in [5.41, 5.74) is 0.535. The monoisotopic (exact) mass is 230 g/mol. The van der Waals surface area contributed by atoms with Gasteiger partial charge in [0.15, 0.2) is 11.5 Å². The van der Waals surface area contributed by atoms with Gasteiger partial charge in [0.2, 0.25) is 0 Å². The van der Waals surface area contributed by atoms with Crippen LogP contribution < -0.4 is 0 Å². The summed E-state index contributed by atoms with van der Waals surface area (Å²) in [5, 5.41) is 3.99. The van der Waals surface area contributed by atoms with Crippen LogP contribution in [0.25, 0.3) is 0 Å². The smallest absolute Gasteiger partial charge is 0.178 e. The fraction of sp³-hybridized carbons (Fsp3) is 0.250. The molecular weight excluding hydrogens is 219 g/mol. The number of aromatic nitrogens is 4. The van der Waals surface area contributed by atoms with E-state index < -0.39 is 5.82 Å². The largest absolute Gasteiger partial charge is 0.261 e. The van der Waals surface area contributed by atoms with Gasteiger partial charge in [-0.2, -0.15) is 5.10 Å². The van der Waals surface area contributed by atoms with Crippen molar-refractivity contribution in [2.45, 2.75) is 19.9 Å². The summed E-state index contributed by atoms with van der Waals surface area (Å²) < 4.78 is 15.3. The van der Waals surface area contributed by atoms with Crippen molar-refractivity contribution in [3.8, 4) is 11.8 Å². The molecule has 0 bridgehead atoms. The van der Waals surface area contributed by atoms with Crippen LogP contribution in [0.3, 0.4) is 0 Å². The Bertz CT molecular complexity index is 552. The molecule has 2 aromatic rings. The highest BCUT2D eigenvalue weighted by Crippen LogP contribution is 2.06. The highest BCUT2D eigenvalue weighted by molar-refractivity contribution is 5.29. The van der Waals surface area contributed by atoms with Gasteiger partial charge in [-0.1, -0.05) is 12.8 Å². The summed E-state index contributed by atoms with van der Waals surface area (Å²) in [4.78, 5) is 7.66. The highest BCUT2D eigenvalue weighted by Gasteiger charge is 2.06. The van der Waals surface area contributed by atoms with Gasteiger partial charge < -0.3 is 0 Å². The maximum Gasteiger partial charge on any atom is 0.178 e. The molecule has 2 heterocycles. The molecule has 0 saturated heterocycles. The fourth-order valence-corrected chi connectivity index (χ4v) is 1.34. The maximum atomic E-state index is 13.7. The van der Waals surface area contributed by atoms with E-state index in [2.05, 4.69) is 26.9 Å². The minimum Gasteiger partial charge on any atom is -0.261 e. The molecule has 2 aromatic heterocycles. The van der Waals surface area contributed by atoms with Crippen LogP contribution in [0.4, 0.5) is 4.39 Å². The molecule has 0 saturated carbocycles. The zero-order valence-corrected chi connectivity index (χ0v) is 9.39. The molecule has 2 rings (SSSR count). The van der Waals surface area contributed by atoms with Crippen molar-refractivity contribution >= 4 is 0 Å². The van der Waals surface area contributed by atoms with E-state index in [-0.39, 0.29) is 5.69 Å². The number of hydrogen-bond acceptors (Lipinski definition) is 3. The third-order valence-electron chi connectivity index (χ3n) is 2.20. The van der Waals surface area contributed by atoms with Gasteiger partial charge in [-0.25, -0.2) is 14.4 Å². The molecular formula is C12H11FN4. The third kappa shape index (κ3) is 2.67. The van der Waals surface area contributed by atoms with Crippen molar-refractivity contribution in [2.24, 2.45) is 0 Å². The van der Waals surface area contributed by atoms with E-state index in [0.717, 1.165) is 0 Å². The first-order valence-corrected chi connectivity index (χ1v) is 5.27. The van der Waals surface area contributed by atoms with E-state index in [9.17, 15) is 4.39 Å². The first-order chi connectivity index (χ1) is 8.31. The van der Waals surface area contributed by atoms with Crippen LogP contribution in [-0.4, -0.2) is 19.7 Å². The van der Waals surface area contributed by atoms with Crippen LogP contribution in [0, 0.1) is 17.7 Å². The normalized spacial score (nSPS) is 9.76. The molecule has 17 heavy (non-hydrogen) atoms. The molecule has 0 spiro atoms. The lowest BCUT2D eigenvalue weighted by atomic mass is 10.2. The summed E-state index contributed by atoms with van der Waals surface area (Å²) in [6, 6.07) is 1.81. The Morgan fingerprint density at radius 2 is 2.29 bits per heavy atom. The lowest BCUT2D eigenvalue weighted by Gasteiger charge is -1.98. The third-order valence-corrected chi connectivity index (χ3v) is 2.20. The van der Waals surface area contributed by atoms with Crippen LogP contribution in [-0.2, 0) is 13.0 Å². The number of rotatable bonds is 2. The lowest BCUT2D eigenvalue weighted by molar-refractivity contribution is 0.589. The lowest BCUT2D eigenvalue weighted by Crippen LogP contribution is -2.00. The first kappa shape index (κ1) is 11.3. The Hall–Kier alpha value is -2.22. The summed E-state index contributed by atoms with van der Waals surface area (Å²) >= 11 is 0. The molecule has 0 unspecified atom stereocenters. The quantitative estimate of drug-likeness (QED) is 0.733. The molecule has 0 fully saturated rings. The Kier molecular flexibility index (Phi) is 3.46. The standard InChI is InChI=1S/C12H11FN4/c1-2-10-12(13)11(15-9-14-10)5-3-7-17-8-4-6-16-17/h4,6,8-9H,2,7H2,1H3. The zero-order valence-electron chi connectivity index (χ0n) is 9.39. The SMILES string of the molecule is CCc1ncnc(C#CCn2cccn2)c1F. The van der Waals surface area contributed by atoms with Crippen LogP contribution >= 0.6 is 0 Å². The molecule has 0 aliphatic rings. The fourth-order valence-electron chi connectivity index (χ4n) is 1.34. The second-order valence-electron chi connectivity index (χ2n) is 3.34. The van der Waals surface area contributed by atoms with Crippen molar-refractivity contribution in [1.29, 1.82) is 0 Å². The van der Waals surface area contributed by atoms with Gasteiger partial charge in [-0.05, 0) is 18.4 Å². The van der Waals surface area contributed by atoms with Gasteiger partial charge in [0.05, 0.1) is 5.69 Å². The van der Waals surface area contributed by atoms with Crippen molar-refractivity contribution in [3.63, 3.8) is 0 Å². The van der Waals surface area contributed by atoms with E-state index in [1.807, 2.05) is 13.0 Å². The first-order valence-electron chi connectivity index (χ1n) is 5.27. The van der Waals surface area contributed by atoms with Crippen molar-refractivity contribution in [2.75, 3.05) is 0 Å². The van der Waals surface area contributed by atoms with Gasteiger partial charge in [-0.15, -0.1) is 0 Å². The van der Waals surface area contributed by atoms with E-state index in [1.165, 1.54) is 6.33 Å². The minimum absolute atomic E-state index is 0.143. The Balaban J connectivity index is 2.16. The molecule has 0 amide bonds. The van der Waals surface area contributed by atoms with Crippen molar-refractivity contribution in [1.82, 2.24) is 19.7 Å². The highest BCUT2D eigenvalue weighted by atomic mass is 19.1. The molecule has 4 nitrogen and oxygen atoms in total. The predicted molar refractivity (Wildman–Crippen MR) is 60.5 cm³/mol. The van der Waals surface area contributed by atoms with Gasteiger partial charge >= 0.3 is 0 Å². The van der Waals surface area contributed by atoms with Crippen molar-refractivity contribution < 1.29 is 4.39 Å². The summed E-state index contributed by atoms with van der Waals surface area (Å²) in [6.07, 6.45) is 5.33. The van der Waals surface area contributed by atoms with Gasteiger partial charge in [0.1, 0.15) is 12.9 Å².